The summed E-state index contributed by atoms with van der Waals surface area (Å²) in [6, 6.07) is 11.3. The lowest BCUT2D eigenvalue weighted by Gasteiger charge is -2.18. The molecule has 0 fully saturated rings. The van der Waals surface area contributed by atoms with Crippen LogP contribution in [0.15, 0.2) is 47.4 Å². The quantitative estimate of drug-likeness (QED) is 0.802. The standard InChI is InChI=1S/C19H23NO5S/c1-5-16(13-6-9-15(10-7-13)26(4,22)23)20-19(21)14-8-11-17(24-2)18(12-14)25-3/h6-12,16H,5H2,1-4H3,(H,20,21). The molecular formula is C19H23NO5S. The molecule has 2 aromatic rings. The van der Waals surface area contributed by atoms with Gasteiger partial charge in [0, 0.05) is 11.8 Å². The minimum atomic E-state index is -3.25. The van der Waals surface area contributed by atoms with Crippen molar-refractivity contribution in [1.29, 1.82) is 0 Å². The predicted molar refractivity (Wildman–Crippen MR) is 99.6 cm³/mol. The van der Waals surface area contributed by atoms with Crippen LogP contribution in [0.25, 0.3) is 0 Å². The molecule has 0 saturated heterocycles. The van der Waals surface area contributed by atoms with E-state index in [1.54, 1.807) is 42.5 Å². The Morgan fingerprint density at radius 1 is 1.04 bits per heavy atom. The van der Waals surface area contributed by atoms with Gasteiger partial charge in [-0.3, -0.25) is 4.79 Å². The Morgan fingerprint density at radius 2 is 1.65 bits per heavy atom. The van der Waals surface area contributed by atoms with Crippen LogP contribution in [0.4, 0.5) is 0 Å². The summed E-state index contributed by atoms with van der Waals surface area (Å²) < 4.78 is 33.5. The molecule has 140 valence electrons. The van der Waals surface area contributed by atoms with Crippen molar-refractivity contribution in [2.45, 2.75) is 24.3 Å². The van der Waals surface area contributed by atoms with Crippen molar-refractivity contribution in [3.8, 4) is 11.5 Å². The Labute approximate surface area is 154 Å². The summed E-state index contributed by atoms with van der Waals surface area (Å²) in [5.74, 6) is 0.781. The van der Waals surface area contributed by atoms with Crippen LogP contribution in [-0.2, 0) is 9.84 Å². The highest BCUT2D eigenvalue weighted by molar-refractivity contribution is 7.90. The molecule has 0 bridgehead atoms. The topological polar surface area (TPSA) is 81.7 Å². The van der Waals surface area contributed by atoms with E-state index in [0.29, 0.717) is 23.5 Å². The first-order valence-corrected chi connectivity index (χ1v) is 10.0. The molecule has 1 atom stereocenters. The van der Waals surface area contributed by atoms with Gasteiger partial charge in [0.25, 0.3) is 5.91 Å². The third-order valence-electron chi connectivity index (χ3n) is 4.07. The fraction of sp³-hybridized carbons (Fsp3) is 0.316. The maximum Gasteiger partial charge on any atom is 0.251 e. The molecule has 2 rings (SSSR count). The number of hydrogen-bond donors (Lipinski definition) is 1. The first-order chi connectivity index (χ1) is 12.3. The molecule has 0 saturated carbocycles. The van der Waals surface area contributed by atoms with Crippen molar-refractivity contribution in [1.82, 2.24) is 5.32 Å². The van der Waals surface area contributed by atoms with Gasteiger partial charge in [0.2, 0.25) is 0 Å². The fourth-order valence-electron chi connectivity index (χ4n) is 2.59. The highest BCUT2D eigenvalue weighted by Crippen LogP contribution is 2.28. The minimum Gasteiger partial charge on any atom is -0.493 e. The molecular weight excluding hydrogens is 354 g/mol. The molecule has 26 heavy (non-hydrogen) atoms. The van der Waals surface area contributed by atoms with Crippen molar-refractivity contribution in [2.24, 2.45) is 0 Å². The van der Waals surface area contributed by atoms with Gasteiger partial charge >= 0.3 is 0 Å². The highest BCUT2D eigenvalue weighted by atomic mass is 32.2. The van der Waals surface area contributed by atoms with Crippen LogP contribution in [-0.4, -0.2) is 34.8 Å². The minimum absolute atomic E-state index is 0.232. The molecule has 6 nitrogen and oxygen atoms in total. The third-order valence-corrected chi connectivity index (χ3v) is 5.20. The Bertz CT molecular complexity index is 875. The molecule has 0 radical (unpaired) electrons. The number of carbonyl (C=O) groups is 1. The van der Waals surface area contributed by atoms with Crippen LogP contribution in [0.3, 0.4) is 0 Å². The van der Waals surface area contributed by atoms with Crippen molar-refractivity contribution < 1.29 is 22.7 Å². The maximum absolute atomic E-state index is 12.6. The molecule has 2 aromatic carbocycles. The van der Waals surface area contributed by atoms with E-state index in [4.69, 9.17) is 9.47 Å². The average molecular weight is 377 g/mol. The molecule has 7 heteroatoms. The normalized spacial score (nSPS) is 12.3. The zero-order valence-electron chi connectivity index (χ0n) is 15.3. The summed E-state index contributed by atoms with van der Waals surface area (Å²) >= 11 is 0. The summed E-state index contributed by atoms with van der Waals surface area (Å²) in [5.41, 5.74) is 1.29. The van der Waals surface area contributed by atoms with Gasteiger partial charge < -0.3 is 14.8 Å². The van der Waals surface area contributed by atoms with E-state index in [1.165, 1.54) is 14.2 Å². The second-order valence-corrected chi connectivity index (χ2v) is 7.86. The lowest BCUT2D eigenvalue weighted by Crippen LogP contribution is -2.28. The monoisotopic (exact) mass is 377 g/mol. The van der Waals surface area contributed by atoms with Gasteiger partial charge in [-0.05, 0) is 42.3 Å². The number of amides is 1. The van der Waals surface area contributed by atoms with E-state index in [1.807, 2.05) is 6.92 Å². The van der Waals surface area contributed by atoms with Crippen molar-refractivity contribution in [3.05, 3.63) is 53.6 Å². The summed E-state index contributed by atoms with van der Waals surface area (Å²) in [6.07, 6.45) is 1.83. The number of sulfone groups is 1. The highest BCUT2D eigenvalue weighted by Gasteiger charge is 2.17. The zero-order chi connectivity index (χ0) is 19.3. The molecule has 1 amide bonds. The number of benzene rings is 2. The number of methoxy groups -OCH3 is 2. The van der Waals surface area contributed by atoms with E-state index >= 15 is 0 Å². The van der Waals surface area contributed by atoms with Gasteiger partial charge in [-0.15, -0.1) is 0 Å². The average Bonchev–Trinajstić information content (AvgIpc) is 2.64. The summed E-state index contributed by atoms with van der Waals surface area (Å²) in [7, 11) is -0.201. The van der Waals surface area contributed by atoms with Crippen LogP contribution in [0.2, 0.25) is 0 Å². The number of ether oxygens (including phenoxy) is 2. The zero-order valence-corrected chi connectivity index (χ0v) is 16.1. The molecule has 1 unspecified atom stereocenters. The molecule has 0 aliphatic heterocycles. The molecule has 0 aromatic heterocycles. The van der Waals surface area contributed by atoms with Gasteiger partial charge in [-0.2, -0.15) is 0 Å². The van der Waals surface area contributed by atoms with Gasteiger partial charge in [0.05, 0.1) is 25.2 Å². The van der Waals surface area contributed by atoms with Crippen LogP contribution in [0.5, 0.6) is 11.5 Å². The van der Waals surface area contributed by atoms with Crippen LogP contribution in [0, 0.1) is 0 Å². The fourth-order valence-corrected chi connectivity index (χ4v) is 3.22. The maximum atomic E-state index is 12.6. The number of carbonyl (C=O) groups excluding carboxylic acids is 1. The Kier molecular flexibility index (Phi) is 6.26. The molecule has 0 heterocycles. The summed E-state index contributed by atoms with van der Waals surface area (Å²) in [4.78, 5) is 12.8. The summed E-state index contributed by atoms with van der Waals surface area (Å²) in [6.45, 7) is 1.95. The number of rotatable bonds is 7. The molecule has 0 aliphatic carbocycles. The Balaban J connectivity index is 2.20. The SMILES string of the molecule is CCC(NC(=O)c1ccc(OC)c(OC)c1)c1ccc(S(C)(=O)=O)cc1. The van der Waals surface area contributed by atoms with Crippen LogP contribution in [0.1, 0.15) is 35.3 Å². The van der Waals surface area contributed by atoms with Crippen LogP contribution >= 0.6 is 0 Å². The Morgan fingerprint density at radius 3 is 2.15 bits per heavy atom. The van der Waals surface area contributed by atoms with E-state index in [2.05, 4.69) is 5.32 Å². The van der Waals surface area contributed by atoms with E-state index < -0.39 is 9.84 Å². The molecule has 0 aliphatic rings. The van der Waals surface area contributed by atoms with Crippen molar-refractivity contribution in [3.63, 3.8) is 0 Å². The van der Waals surface area contributed by atoms with E-state index in [0.717, 1.165) is 11.8 Å². The molecule has 1 N–H and O–H groups in total. The second kappa shape index (κ2) is 8.23. The van der Waals surface area contributed by atoms with Crippen LogP contribution < -0.4 is 14.8 Å². The van der Waals surface area contributed by atoms with Gasteiger partial charge in [-0.1, -0.05) is 19.1 Å². The third kappa shape index (κ3) is 4.54. The lowest BCUT2D eigenvalue weighted by atomic mass is 10.0. The second-order valence-electron chi connectivity index (χ2n) is 5.85. The first-order valence-electron chi connectivity index (χ1n) is 8.13. The first kappa shape index (κ1) is 19.8. The number of nitrogens with one attached hydrogen (secondary N) is 1. The van der Waals surface area contributed by atoms with Gasteiger partial charge in [0.15, 0.2) is 21.3 Å². The smallest absolute Gasteiger partial charge is 0.251 e. The Hall–Kier alpha value is -2.54. The largest absolute Gasteiger partial charge is 0.493 e. The van der Waals surface area contributed by atoms with Gasteiger partial charge in [0.1, 0.15) is 0 Å². The van der Waals surface area contributed by atoms with Gasteiger partial charge in [-0.25, -0.2) is 8.42 Å². The number of hydrogen-bond acceptors (Lipinski definition) is 5. The predicted octanol–water partition coefficient (Wildman–Crippen LogP) is 2.99. The van der Waals surface area contributed by atoms with Crippen molar-refractivity contribution >= 4 is 15.7 Å². The molecule has 0 spiro atoms. The van der Waals surface area contributed by atoms with Crippen molar-refractivity contribution in [2.75, 3.05) is 20.5 Å². The van der Waals surface area contributed by atoms with E-state index in [9.17, 15) is 13.2 Å². The summed E-state index contributed by atoms with van der Waals surface area (Å²) in [5, 5.41) is 2.96. The lowest BCUT2D eigenvalue weighted by molar-refractivity contribution is 0.0935. The van der Waals surface area contributed by atoms with E-state index in [-0.39, 0.29) is 16.8 Å².